The van der Waals surface area contributed by atoms with E-state index in [9.17, 15) is 9.59 Å². The first kappa shape index (κ1) is 29.9. The van der Waals surface area contributed by atoms with Gasteiger partial charge in [0.25, 0.3) is 0 Å². The standard InChI is InChI=1S/C11H16N4O2.C3H8.C2H6O.2C2H6/c1-8-5-13-11(14-8)9-3-2-4-15(9)10(17)6-12-7-16;2*1-3-2;2*1-2/h5,7,9H,2-4,6H2,1H3,(H,12,16)(H,13,14);3H2,1-2H3;1-2H3;2*1-2H3/t9-;;;;/m0..../s1. The van der Waals surface area contributed by atoms with Gasteiger partial charge in [-0.25, -0.2) is 4.98 Å². The average Bonchev–Trinajstić information content (AvgIpc) is 3.33. The fourth-order valence-corrected chi connectivity index (χ4v) is 2.18. The average molecular weight is 387 g/mol. The van der Waals surface area contributed by atoms with Gasteiger partial charge in [-0.2, -0.15) is 0 Å². The van der Waals surface area contributed by atoms with E-state index in [2.05, 4.69) is 33.9 Å². The van der Waals surface area contributed by atoms with E-state index in [0.717, 1.165) is 30.9 Å². The topological polar surface area (TPSA) is 87.3 Å². The molecule has 1 aliphatic heterocycles. The van der Waals surface area contributed by atoms with Crippen LogP contribution in [0.4, 0.5) is 0 Å². The summed E-state index contributed by atoms with van der Waals surface area (Å²) in [6.07, 6.45) is 5.44. The minimum absolute atomic E-state index is 0.0182. The molecule has 0 aliphatic carbocycles. The van der Waals surface area contributed by atoms with Crippen molar-refractivity contribution < 1.29 is 14.3 Å². The number of hydrogen-bond donors (Lipinski definition) is 2. The number of rotatable bonds is 4. The van der Waals surface area contributed by atoms with Gasteiger partial charge in [0, 0.05) is 32.7 Å². The molecule has 0 radical (unpaired) electrons. The third-order valence-corrected chi connectivity index (χ3v) is 2.95. The molecule has 1 saturated heterocycles. The van der Waals surface area contributed by atoms with Crippen molar-refractivity contribution in [3.05, 3.63) is 17.7 Å². The highest BCUT2D eigenvalue weighted by molar-refractivity contribution is 5.80. The van der Waals surface area contributed by atoms with Crippen molar-refractivity contribution in [1.82, 2.24) is 20.2 Å². The summed E-state index contributed by atoms with van der Waals surface area (Å²) in [7, 11) is 3.25. The van der Waals surface area contributed by atoms with Crippen LogP contribution in [0.2, 0.25) is 0 Å². The Hall–Kier alpha value is -1.89. The monoisotopic (exact) mass is 386 g/mol. The molecule has 1 atom stereocenters. The number of carbonyl (C=O) groups excluding carboxylic acids is 2. The lowest BCUT2D eigenvalue weighted by Crippen LogP contribution is -2.37. The van der Waals surface area contributed by atoms with Crippen molar-refractivity contribution in [3.63, 3.8) is 0 Å². The lowest BCUT2D eigenvalue weighted by atomic mass is 10.2. The number of aromatic amines is 1. The van der Waals surface area contributed by atoms with Crippen molar-refractivity contribution in [2.75, 3.05) is 27.3 Å². The molecular formula is C20H42N4O3. The Kier molecular flexibility index (Phi) is 24.5. The van der Waals surface area contributed by atoms with Gasteiger partial charge in [0.15, 0.2) is 0 Å². The van der Waals surface area contributed by atoms with Gasteiger partial charge in [-0.05, 0) is 19.8 Å². The predicted molar refractivity (Wildman–Crippen MR) is 113 cm³/mol. The summed E-state index contributed by atoms with van der Waals surface area (Å²) in [6.45, 7) is 15.0. The molecule has 0 unspecified atom stereocenters. The van der Waals surface area contributed by atoms with Gasteiger partial charge in [-0.1, -0.05) is 48.0 Å². The number of H-pyrrole nitrogens is 1. The van der Waals surface area contributed by atoms with Crippen molar-refractivity contribution in [2.45, 2.75) is 73.8 Å². The summed E-state index contributed by atoms with van der Waals surface area (Å²) >= 11 is 0. The number of nitrogens with one attached hydrogen (secondary N) is 2. The van der Waals surface area contributed by atoms with Crippen LogP contribution in [0.3, 0.4) is 0 Å². The Bertz CT molecular complexity index is 448. The van der Waals surface area contributed by atoms with Crippen LogP contribution in [-0.2, 0) is 14.3 Å². The zero-order valence-electron chi connectivity index (χ0n) is 18.9. The number of methoxy groups -OCH3 is 1. The summed E-state index contributed by atoms with van der Waals surface area (Å²) in [5.74, 6) is 0.771. The van der Waals surface area contributed by atoms with E-state index in [-0.39, 0.29) is 18.5 Å². The third-order valence-electron chi connectivity index (χ3n) is 2.95. The molecule has 160 valence electrons. The molecule has 7 heteroatoms. The molecule has 2 amide bonds. The normalized spacial score (nSPS) is 14.0. The van der Waals surface area contributed by atoms with Crippen LogP contribution < -0.4 is 5.32 Å². The second kappa shape index (κ2) is 22.2. The van der Waals surface area contributed by atoms with Gasteiger partial charge >= 0.3 is 0 Å². The largest absolute Gasteiger partial charge is 0.388 e. The lowest BCUT2D eigenvalue weighted by Gasteiger charge is -2.22. The van der Waals surface area contributed by atoms with Gasteiger partial charge in [0.1, 0.15) is 5.82 Å². The SMILES string of the molecule is CC.CC.CCC.COC.Cc1cnc([C@@H]2CCCN2C(=O)CNC=O)[nH]1. The first-order chi connectivity index (χ1) is 13.0. The molecule has 0 saturated carbocycles. The van der Waals surface area contributed by atoms with E-state index in [0.29, 0.717) is 6.41 Å². The van der Waals surface area contributed by atoms with Crippen molar-refractivity contribution in [3.8, 4) is 0 Å². The van der Waals surface area contributed by atoms with Gasteiger partial charge in [0.05, 0.1) is 12.6 Å². The molecule has 27 heavy (non-hydrogen) atoms. The van der Waals surface area contributed by atoms with E-state index in [1.54, 1.807) is 25.3 Å². The number of imidazole rings is 1. The fraction of sp³-hybridized carbons (Fsp3) is 0.750. The van der Waals surface area contributed by atoms with E-state index in [1.165, 1.54) is 6.42 Å². The highest BCUT2D eigenvalue weighted by Crippen LogP contribution is 2.29. The predicted octanol–water partition coefficient (Wildman–Crippen LogP) is 3.86. The molecule has 2 N–H and O–H groups in total. The van der Waals surface area contributed by atoms with Crippen LogP contribution in [0.5, 0.6) is 0 Å². The number of nitrogens with zero attached hydrogens (tertiary/aromatic N) is 2. The quantitative estimate of drug-likeness (QED) is 0.769. The first-order valence-corrected chi connectivity index (χ1v) is 9.93. The van der Waals surface area contributed by atoms with Crippen LogP contribution in [0, 0.1) is 6.92 Å². The van der Waals surface area contributed by atoms with Crippen LogP contribution in [-0.4, -0.2) is 54.5 Å². The number of ether oxygens (including phenoxy) is 1. The Morgan fingerprint density at radius 1 is 1.33 bits per heavy atom. The number of carbonyl (C=O) groups is 2. The minimum atomic E-state index is -0.0614. The molecule has 0 bridgehead atoms. The summed E-state index contributed by atoms with van der Waals surface area (Å²) in [5.41, 5.74) is 0.991. The number of amides is 2. The van der Waals surface area contributed by atoms with Gasteiger partial charge in [0.2, 0.25) is 12.3 Å². The van der Waals surface area contributed by atoms with Gasteiger partial charge in [-0.15, -0.1) is 0 Å². The summed E-state index contributed by atoms with van der Waals surface area (Å²) in [5, 5.41) is 2.40. The summed E-state index contributed by atoms with van der Waals surface area (Å²) in [4.78, 5) is 31.2. The maximum atomic E-state index is 11.9. The molecule has 2 rings (SSSR count). The Labute approximate surface area is 166 Å². The molecule has 1 fully saturated rings. The van der Waals surface area contributed by atoms with E-state index < -0.39 is 0 Å². The van der Waals surface area contributed by atoms with E-state index in [1.807, 2.05) is 34.6 Å². The lowest BCUT2D eigenvalue weighted by molar-refractivity contribution is -0.132. The number of aryl methyl sites for hydroxylation is 1. The highest BCUT2D eigenvalue weighted by atomic mass is 16.4. The van der Waals surface area contributed by atoms with Gasteiger partial charge in [-0.3, -0.25) is 9.59 Å². The second-order valence-electron chi connectivity index (χ2n) is 5.31. The Morgan fingerprint density at radius 3 is 2.26 bits per heavy atom. The zero-order chi connectivity index (χ0) is 21.7. The van der Waals surface area contributed by atoms with Gasteiger partial charge < -0.3 is 19.9 Å². The Balaban J connectivity index is -0.000000491. The fourth-order valence-electron chi connectivity index (χ4n) is 2.18. The molecule has 0 spiro atoms. The third kappa shape index (κ3) is 13.9. The number of likely N-dealkylation sites (tertiary alicyclic amines) is 1. The number of aromatic nitrogens is 2. The maximum Gasteiger partial charge on any atom is 0.242 e. The van der Waals surface area contributed by atoms with Crippen molar-refractivity contribution in [1.29, 1.82) is 0 Å². The zero-order valence-corrected chi connectivity index (χ0v) is 18.9. The molecule has 0 aromatic carbocycles. The Morgan fingerprint density at radius 2 is 1.85 bits per heavy atom. The van der Waals surface area contributed by atoms with E-state index in [4.69, 9.17) is 0 Å². The summed E-state index contributed by atoms with van der Waals surface area (Å²) in [6, 6.07) is 0.0182. The maximum absolute atomic E-state index is 11.9. The van der Waals surface area contributed by atoms with Crippen LogP contribution in [0.15, 0.2) is 6.20 Å². The molecule has 1 aromatic heterocycles. The van der Waals surface area contributed by atoms with Crippen LogP contribution in [0.1, 0.15) is 78.4 Å². The number of hydrogen-bond acceptors (Lipinski definition) is 4. The summed E-state index contributed by atoms with van der Waals surface area (Å²) < 4.78 is 4.25. The van der Waals surface area contributed by atoms with E-state index >= 15 is 0 Å². The molecule has 1 aromatic rings. The first-order valence-electron chi connectivity index (χ1n) is 9.93. The van der Waals surface area contributed by atoms with Crippen LogP contribution in [0.25, 0.3) is 0 Å². The highest BCUT2D eigenvalue weighted by Gasteiger charge is 2.31. The van der Waals surface area contributed by atoms with Crippen LogP contribution >= 0.6 is 0 Å². The molecule has 1 aliphatic rings. The molecular weight excluding hydrogens is 344 g/mol. The molecule has 2 heterocycles. The van der Waals surface area contributed by atoms with Crippen molar-refractivity contribution >= 4 is 12.3 Å². The second-order valence-corrected chi connectivity index (χ2v) is 5.31. The smallest absolute Gasteiger partial charge is 0.242 e. The molecule has 7 nitrogen and oxygen atoms in total. The minimum Gasteiger partial charge on any atom is -0.388 e. The van der Waals surface area contributed by atoms with Crippen molar-refractivity contribution in [2.24, 2.45) is 0 Å².